The van der Waals surface area contributed by atoms with Crippen LogP contribution in [-0.2, 0) is 4.79 Å². The van der Waals surface area contributed by atoms with Gasteiger partial charge >= 0.3 is 0 Å². The Bertz CT molecular complexity index is 221. The molecule has 0 saturated heterocycles. The average molecular weight is 210 g/mol. The molecule has 0 aromatic rings. The van der Waals surface area contributed by atoms with Gasteiger partial charge in [0.2, 0.25) is 0 Å². The van der Waals surface area contributed by atoms with Gasteiger partial charge in [-0.25, -0.2) is 0 Å². The predicted octanol–water partition coefficient (Wildman–Crippen LogP) is 2.71. The summed E-state index contributed by atoms with van der Waals surface area (Å²) in [5, 5.41) is 8.88. The SMILES string of the molecule is CC(CO)CCCC1=CCC(C=O)CC1. The first-order chi connectivity index (χ1) is 7.26. The molecule has 1 aliphatic carbocycles. The third-order valence-electron chi connectivity index (χ3n) is 3.24. The van der Waals surface area contributed by atoms with Gasteiger partial charge in [-0.05, 0) is 44.4 Å². The zero-order valence-electron chi connectivity index (χ0n) is 9.61. The minimum atomic E-state index is 0.269. The Morgan fingerprint density at radius 3 is 3.00 bits per heavy atom. The highest BCUT2D eigenvalue weighted by atomic mass is 16.3. The van der Waals surface area contributed by atoms with Crippen molar-refractivity contribution in [1.29, 1.82) is 0 Å². The number of aldehydes is 1. The van der Waals surface area contributed by atoms with E-state index in [0.29, 0.717) is 12.5 Å². The highest BCUT2D eigenvalue weighted by Gasteiger charge is 2.13. The van der Waals surface area contributed by atoms with Gasteiger partial charge in [-0.2, -0.15) is 0 Å². The second kappa shape index (κ2) is 6.78. The fraction of sp³-hybridized carbons (Fsp3) is 0.769. The maximum Gasteiger partial charge on any atom is 0.123 e. The van der Waals surface area contributed by atoms with Crippen molar-refractivity contribution in [3.63, 3.8) is 0 Å². The van der Waals surface area contributed by atoms with Crippen molar-refractivity contribution >= 4 is 6.29 Å². The number of rotatable bonds is 6. The molecule has 0 aromatic carbocycles. The summed E-state index contributed by atoms with van der Waals surface area (Å²) in [6, 6.07) is 0. The summed E-state index contributed by atoms with van der Waals surface area (Å²) in [5.74, 6) is 0.696. The summed E-state index contributed by atoms with van der Waals surface area (Å²) in [4.78, 5) is 10.6. The molecule has 1 aliphatic rings. The Hall–Kier alpha value is -0.630. The third kappa shape index (κ3) is 4.61. The van der Waals surface area contributed by atoms with E-state index in [-0.39, 0.29) is 5.92 Å². The largest absolute Gasteiger partial charge is 0.396 e. The molecule has 0 bridgehead atoms. The zero-order valence-corrected chi connectivity index (χ0v) is 9.61. The molecule has 0 spiro atoms. The van der Waals surface area contributed by atoms with Crippen LogP contribution in [0.4, 0.5) is 0 Å². The standard InChI is InChI=1S/C13H22O2/c1-11(9-14)3-2-4-12-5-7-13(10-15)8-6-12/h5,10-11,13-14H,2-4,6-9H2,1H3. The molecule has 15 heavy (non-hydrogen) atoms. The van der Waals surface area contributed by atoms with Gasteiger partial charge in [0, 0.05) is 12.5 Å². The highest BCUT2D eigenvalue weighted by Crippen LogP contribution is 2.25. The summed E-state index contributed by atoms with van der Waals surface area (Å²) in [5.41, 5.74) is 1.51. The van der Waals surface area contributed by atoms with Gasteiger partial charge in [0.1, 0.15) is 6.29 Å². The fourth-order valence-corrected chi connectivity index (χ4v) is 2.03. The summed E-state index contributed by atoms with van der Waals surface area (Å²) in [7, 11) is 0. The molecule has 1 rings (SSSR count). The molecule has 0 saturated carbocycles. The molecule has 0 radical (unpaired) electrons. The number of allylic oxidation sites excluding steroid dienone is 2. The van der Waals surface area contributed by atoms with Gasteiger partial charge in [0.05, 0.1) is 0 Å². The van der Waals surface area contributed by atoms with Crippen LogP contribution >= 0.6 is 0 Å². The number of carbonyl (C=O) groups is 1. The Morgan fingerprint density at radius 2 is 2.47 bits per heavy atom. The second-order valence-corrected chi connectivity index (χ2v) is 4.71. The van der Waals surface area contributed by atoms with Gasteiger partial charge in [0.25, 0.3) is 0 Å². The van der Waals surface area contributed by atoms with Crippen LogP contribution in [0.15, 0.2) is 11.6 Å². The number of carbonyl (C=O) groups excluding carboxylic acids is 1. The second-order valence-electron chi connectivity index (χ2n) is 4.71. The molecular formula is C13H22O2. The predicted molar refractivity (Wildman–Crippen MR) is 61.6 cm³/mol. The van der Waals surface area contributed by atoms with E-state index in [9.17, 15) is 4.79 Å². The third-order valence-corrected chi connectivity index (χ3v) is 3.24. The number of aliphatic hydroxyl groups excluding tert-OH is 1. The van der Waals surface area contributed by atoms with Gasteiger partial charge in [-0.3, -0.25) is 0 Å². The molecular weight excluding hydrogens is 188 g/mol. The van der Waals surface area contributed by atoms with Crippen LogP contribution in [0, 0.1) is 11.8 Å². The maximum absolute atomic E-state index is 10.6. The molecule has 0 amide bonds. The molecule has 2 unspecified atom stereocenters. The first-order valence-corrected chi connectivity index (χ1v) is 6.00. The van der Waals surface area contributed by atoms with Crippen molar-refractivity contribution in [3.8, 4) is 0 Å². The minimum Gasteiger partial charge on any atom is -0.396 e. The number of hydrogen-bond acceptors (Lipinski definition) is 2. The molecule has 1 N–H and O–H groups in total. The van der Waals surface area contributed by atoms with Gasteiger partial charge in [-0.1, -0.05) is 18.6 Å². The minimum absolute atomic E-state index is 0.269. The lowest BCUT2D eigenvalue weighted by atomic mass is 9.88. The maximum atomic E-state index is 10.6. The van der Waals surface area contributed by atoms with E-state index < -0.39 is 0 Å². The zero-order chi connectivity index (χ0) is 11.1. The van der Waals surface area contributed by atoms with E-state index in [0.717, 1.165) is 38.4 Å². The molecule has 0 aromatic heterocycles. The van der Waals surface area contributed by atoms with Gasteiger partial charge in [0.15, 0.2) is 0 Å². The van der Waals surface area contributed by atoms with E-state index in [1.165, 1.54) is 12.0 Å². The van der Waals surface area contributed by atoms with Crippen molar-refractivity contribution in [3.05, 3.63) is 11.6 Å². The van der Waals surface area contributed by atoms with Gasteiger partial charge < -0.3 is 9.90 Å². The van der Waals surface area contributed by atoms with Crippen molar-refractivity contribution in [2.45, 2.75) is 45.4 Å². The van der Waals surface area contributed by atoms with Crippen LogP contribution in [0.5, 0.6) is 0 Å². The van der Waals surface area contributed by atoms with Crippen LogP contribution < -0.4 is 0 Å². The van der Waals surface area contributed by atoms with Crippen molar-refractivity contribution in [2.24, 2.45) is 11.8 Å². The number of aliphatic hydroxyl groups is 1. The molecule has 2 heteroatoms. The first kappa shape index (κ1) is 12.4. The van der Waals surface area contributed by atoms with E-state index in [4.69, 9.17) is 5.11 Å². The van der Waals surface area contributed by atoms with Crippen LogP contribution in [0.1, 0.15) is 45.4 Å². The Kier molecular flexibility index (Phi) is 5.62. The van der Waals surface area contributed by atoms with Crippen LogP contribution in [-0.4, -0.2) is 18.0 Å². The van der Waals surface area contributed by atoms with Crippen molar-refractivity contribution < 1.29 is 9.90 Å². The topological polar surface area (TPSA) is 37.3 Å². The van der Waals surface area contributed by atoms with Crippen LogP contribution in [0.3, 0.4) is 0 Å². The normalized spacial score (nSPS) is 23.3. The van der Waals surface area contributed by atoms with E-state index in [1.54, 1.807) is 0 Å². The fourth-order valence-electron chi connectivity index (χ4n) is 2.03. The number of hydrogen-bond donors (Lipinski definition) is 1. The van der Waals surface area contributed by atoms with E-state index in [1.807, 2.05) is 0 Å². The van der Waals surface area contributed by atoms with E-state index in [2.05, 4.69) is 13.0 Å². The quantitative estimate of drug-likeness (QED) is 0.540. The van der Waals surface area contributed by atoms with Gasteiger partial charge in [-0.15, -0.1) is 0 Å². The first-order valence-electron chi connectivity index (χ1n) is 6.00. The molecule has 2 nitrogen and oxygen atoms in total. The highest BCUT2D eigenvalue weighted by molar-refractivity contribution is 5.54. The van der Waals surface area contributed by atoms with Crippen molar-refractivity contribution in [1.82, 2.24) is 0 Å². The molecule has 86 valence electrons. The summed E-state index contributed by atoms with van der Waals surface area (Å²) in [6.07, 6.45) is 9.81. The Labute approximate surface area is 92.4 Å². The monoisotopic (exact) mass is 210 g/mol. The van der Waals surface area contributed by atoms with E-state index >= 15 is 0 Å². The smallest absolute Gasteiger partial charge is 0.123 e. The molecule has 0 fully saturated rings. The summed E-state index contributed by atoms with van der Waals surface area (Å²) >= 11 is 0. The lowest BCUT2D eigenvalue weighted by Gasteiger charge is -2.17. The molecule has 2 atom stereocenters. The van der Waals surface area contributed by atoms with Crippen molar-refractivity contribution in [2.75, 3.05) is 6.61 Å². The lowest BCUT2D eigenvalue weighted by molar-refractivity contribution is -0.111. The van der Waals surface area contributed by atoms with Crippen LogP contribution in [0.2, 0.25) is 0 Å². The van der Waals surface area contributed by atoms with Crippen LogP contribution in [0.25, 0.3) is 0 Å². The average Bonchev–Trinajstić information content (AvgIpc) is 2.29. The Morgan fingerprint density at radius 1 is 1.67 bits per heavy atom. The molecule has 0 heterocycles. The summed E-state index contributed by atoms with van der Waals surface area (Å²) < 4.78 is 0. The summed E-state index contributed by atoms with van der Waals surface area (Å²) in [6.45, 7) is 2.38. The molecule has 0 aliphatic heterocycles. The Balaban J connectivity index is 2.17. The lowest BCUT2D eigenvalue weighted by Crippen LogP contribution is -2.07.